The number of nitrogens with one attached hydrogen (secondary N) is 3. The summed E-state index contributed by atoms with van der Waals surface area (Å²) in [6, 6.07) is 27.4. The van der Waals surface area contributed by atoms with E-state index in [0.717, 1.165) is 4.90 Å². The zero-order chi connectivity index (χ0) is 29.4. The molecule has 4 aromatic carbocycles. The minimum absolute atomic E-state index is 0.0470. The van der Waals surface area contributed by atoms with Gasteiger partial charge in [0.1, 0.15) is 5.70 Å². The summed E-state index contributed by atoms with van der Waals surface area (Å²) in [6.07, 6.45) is 1.56. The molecule has 4 rings (SSSR count). The molecule has 6 nitrogen and oxygen atoms in total. The molecule has 0 aromatic heterocycles. The Bertz CT molecular complexity index is 1600. The summed E-state index contributed by atoms with van der Waals surface area (Å²) >= 11 is 19.5. The van der Waals surface area contributed by atoms with Gasteiger partial charge in [0.15, 0.2) is 0 Å². The lowest BCUT2D eigenvalue weighted by Gasteiger charge is -2.14. The minimum atomic E-state index is -0.512. The van der Waals surface area contributed by atoms with E-state index in [1.54, 1.807) is 110 Å². The van der Waals surface area contributed by atoms with Crippen LogP contribution in [0.1, 0.15) is 22.8 Å². The Labute approximate surface area is 257 Å². The highest BCUT2D eigenvalue weighted by Crippen LogP contribution is 2.29. The second-order valence-corrected chi connectivity index (χ2v) is 11.5. The Kier molecular flexibility index (Phi) is 10.5. The number of hydrogen-bond acceptors (Lipinski definition) is 4. The molecule has 0 aliphatic rings. The van der Waals surface area contributed by atoms with Crippen LogP contribution in [0, 0.1) is 0 Å². The molecule has 10 heteroatoms. The smallest absolute Gasteiger partial charge is 0.272 e. The largest absolute Gasteiger partial charge is 0.324 e. The van der Waals surface area contributed by atoms with Gasteiger partial charge in [0.25, 0.3) is 11.8 Å². The number of anilines is 2. The highest BCUT2D eigenvalue weighted by Gasteiger charge is 2.18. The summed E-state index contributed by atoms with van der Waals surface area (Å²) in [5.41, 5.74) is 2.10. The SMILES string of the molecule is CC(Sc1ccc(NC(=O)/C(=C/c2cccc(Cl)c2)NC(=O)c2ccccc2)cc1)C(=O)Nc1ccc(Cl)cc1Cl. The van der Waals surface area contributed by atoms with E-state index in [4.69, 9.17) is 34.8 Å². The van der Waals surface area contributed by atoms with Crippen LogP contribution in [-0.2, 0) is 9.59 Å². The molecule has 0 saturated carbocycles. The van der Waals surface area contributed by atoms with Gasteiger partial charge in [0, 0.05) is 26.2 Å². The van der Waals surface area contributed by atoms with E-state index >= 15 is 0 Å². The molecule has 1 atom stereocenters. The molecule has 4 aromatic rings. The van der Waals surface area contributed by atoms with E-state index in [2.05, 4.69) is 16.0 Å². The van der Waals surface area contributed by atoms with Crippen LogP contribution in [0.2, 0.25) is 15.1 Å². The van der Waals surface area contributed by atoms with Crippen LogP contribution in [0.15, 0.2) is 108 Å². The van der Waals surface area contributed by atoms with Crippen LogP contribution >= 0.6 is 46.6 Å². The molecule has 0 aliphatic heterocycles. The van der Waals surface area contributed by atoms with E-state index in [-0.39, 0.29) is 11.6 Å². The minimum Gasteiger partial charge on any atom is -0.324 e. The highest BCUT2D eigenvalue weighted by molar-refractivity contribution is 8.00. The molecule has 208 valence electrons. The van der Waals surface area contributed by atoms with Gasteiger partial charge in [-0.3, -0.25) is 14.4 Å². The molecule has 41 heavy (non-hydrogen) atoms. The van der Waals surface area contributed by atoms with E-state index < -0.39 is 17.1 Å². The van der Waals surface area contributed by atoms with Gasteiger partial charge < -0.3 is 16.0 Å². The van der Waals surface area contributed by atoms with Gasteiger partial charge >= 0.3 is 0 Å². The fourth-order valence-corrected chi connectivity index (χ4v) is 5.13. The zero-order valence-corrected chi connectivity index (χ0v) is 24.7. The van der Waals surface area contributed by atoms with Crippen molar-refractivity contribution in [1.29, 1.82) is 0 Å². The van der Waals surface area contributed by atoms with Gasteiger partial charge in [-0.15, -0.1) is 11.8 Å². The van der Waals surface area contributed by atoms with Crippen LogP contribution in [0.5, 0.6) is 0 Å². The van der Waals surface area contributed by atoms with E-state index in [1.807, 2.05) is 0 Å². The summed E-state index contributed by atoms with van der Waals surface area (Å²) in [7, 11) is 0. The molecular weight excluding hydrogens is 601 g/mol. The van der Waals surface area contributed by atoms with Crippen molar-refractivity contribution < 1.29 is 14.4 Å². The third-order valence-corrected chi connectivity index (χ3v) is 7.57. The first-order valence-electron chi connectivity index (χ1n) is 12.4. The topological polar surface area (TPSA) is 87.3 Å². The van der Waals surface area contributed by atoms with Crippen LogP contribution < -0.4 is 16.0 Å². The maximum absolute atomic E-state index is 13.2. The van der Waals surface area contributed by atoms with Crippen molar-refractivity contribution in [1.82, 2.24) is 5.32 Å². The van der Waals surface area contributed by atoms with Crippen molar-refractivity contribution in [2.24, 2.45) is 0 Å². The second-order valence-electron chi connectivity index (χ2n) is 8.79. The first-order chi connectivity index (χ1) is 19.7. The van der Waals surface area contributed by atoms with Gasteiger partial charge in [0.05, 0.1) is 16.0 Å². The Morgan fingerprint density at radius 3 is 2.17 bits per heavy atom. The van der Waals surface area contributed by atoms with Crippen LogP contribution in [0.4, 0.5) is 11.4 Å². The van der Waals surface area contributed by atoms with Gasteiger partial charge in [0.2, 0.25) is 5.91 Å². The summed E-state index contributed by atoms with van der Waals surface area (Å²) in [5, 5.41) is 9.22. The molecule has 0 aliphatic carbocycles. The maximum atomic E-state index is 13.2. The Hall–Kier alpha value is -3.75. The molecular formula is C31H24Cl3N3O3S. The molecule has 3 amide bonds. The quantitative estimate of drug-likeness (QED) is 0.129. The zero-order valence-electron chi connectivity index (χ0n) is 21.7. The number of carbonyl (C=O) groups is 3. The lowest BCUT2D eigenvalue weighted by Crippen LogP contribution is -2.30. The summed E-state index contributed by atoms with van der Waals surface area (Å²) in [4.78, 5) is 39.5. The fourth-order valence-electron chi connectivity index (χ4n) is 3.60. The normalized spacial score (nSPS) is 11.9. The number of thioether (sulfide) groups is 1. The van der Waals surface area contributed by atoms with Crippen molar-refractivity contribution in [2.75, 3.05) is 10.6 Å². The predicted octanol–water partition coefficient (Wildman–Crippen LogP) is 8.18. The lowest BCUT2D eigenvalue weighted by molar-refractivity contribution is -0.115. The van der Waals surface area contributed by atoms with Crippen LogP contribution in [-0.4, -0.2) is 23.0 Å². The Morgan fingerprint density at radius 2 is 1.49 bits per heavy atom. The first-order valence-corrected chi connectivity index (χ1v) is 14.4. The molecule has 0 radical (unpaired) electrons. The lowest BCUT2D eigenvalue weighted by atomic mass is 10.1. The van der Waals surface area contributed by atoms with Crippen LogP contribution in [0.25, 0.3) is 6.08 Å². The van der Waals surface area contributed by atoms with Gasteiger partial charge in [-0.25, -0.2) is 0 Å². The molecule has 0 fully saturated rings. The number of carbonyl (C=O) groups excluding carboxylic acids is 3. The summed E-state index contributed by atoms with van der Waals surface area (Å²) < 4.78 is 0. The average Bonchev–Trinajstić information content (AvgIpc) is 2.95. The molecule has 3 N–H and O–H groups in total. The van der Waals surface area contributed by atoms with Gasteiger partial charge in [-0.1, -0.05) is 65.1 Å². The van der Waals surface area contributed by atoms with Gasteiger partial charge in [-0.05, 0) is 85.3 Å². The number of hydrogen-bond donors (Lipinski definition) is 3. The standard InChI is InChI=1S/C31H24Cl3N3O3S/c1-19(29(38)36-27-15-10-23(33)18-26(27)34)41-25-13-11-24(12-14-25)35-31(40)28(17-20-6-5-9-22(32)16-20)37-30(39)21-7-3-2-4-8-21/h2-19H,1H3,(H,35,40)(H,36,38)(H,37,39)/b28-17-. The average molecular weight is 625 g/mol. The monoisotopic (exact) mass is 623 g/mol. The number of amides is 3. The third-order valence-electron chi connectivity index (χ3n) is 5.67. The fraction of sp³-hybridized carbons (Fsp3) is 0.0645. The van der Waals surface area contributed by atoms with Crippen molar-refractivity contribution >= 4 is 81.7 Å². The maximum Gasteiger partial charge on any atom is 0.272 e. The van der Waals surface area contributed by atoms with Crippen molar-refractivity contribution in [3.8, 4) is 0 Å². The Morgan fingerprint density at radius 1 is 0.780 bits per heavy atom. The van der Waals surface area contributed by atoms with E-state index in [9.17, 15) is 14.4 Å². The van der Waals surface area contributed by atoms with Crippen molar-refractivity contribution in [2.45, 2.75) is 17.1 Å². The van der Waals surface area contributed by atoms with E-state index in [0.29, 0.717) is 37.6 Å². The predicted molar refractivity (Wildman–Crippen MR) is 169 cm³/mol. The molecule has 0 saturated heterocycles. The second kappa shape index (κ2) is 14.2. The summed E-state index contributed by atoms with van der Waals surface area (Å²) in [6.45, 7) is 1.78. The molecule has 0 spiro atoms. The third kappa shape index (κ3) is 8.87. The summed E-state index contributed by atoms with van der Waals surface area (Å²) in [5.74, 6) is -1.16. The van der Waals surface area contributed by atoms with Crippen molar-refractivity contribution in [3.63, 3.8) is 0 Å². The molecule has 1 unspecified atom stereocenters. The van der Waals surface area contributed by atoms with E-state index in [1.165, 1.54) is 11.8 Å². The van der Waals surface area contributed by atoms with Crippen molar-refractivity contribution in [3.05, 3.63) is 129 Å². The van der Waals surface area contributed by atoms with Crippen LogP contribution in [0.3, 0.4) is 0 Å². The Balaban J connectivity index is 1.43. The molecule has 0 bridgehead atoms. The molecule has 0 heterocycles. The van der Waals surface area contributed by atoms with Gasteiger partial charge in [-0.2, -0.15) is 0 Å². The number of halogens is 3. The number of benzene rings is 4. The number of rotatable bonds is 9. The highest BCUT2D eigenvalue weighted by atomic mass is 35.5. The first kappa shape index (κ1) is 30.2.